The molecule has 0 saturated heterocycles. The first-order valence-electron chi connectivity index (χ1n) is 7.71. The Hall–Kier alpha value is -2.40. The molecule has 3 rings (SSSR count). The number of pyridine rings is 1. The van der Waals surface area contributed by atoms with Gasteiger partial charge in [-0.2, -0.15) is 0 Å². The lowest BCUT2D eigenvalue weighted by molar-refractivity contribution is 0.102. The van der Waals surface area contributed by atoms with Gasteiger partial charge in [-0.25, -0.2) is 0 Å². The lowest BCUT2D eigenvalue weighted by atomic mass is 10.2. The molecule has 2 N–H and O–H groups in total. The van der Waals surface area contributed by atoms with Crippen molar-refractivity contribution in [3.63, 3.8) is 0 Å². The van der Waals surface area contributed by atoms with Crippen molar-refractivity contribution in [1.82, 2.24) is 4.98 Å². The van der Waals surface area contributed by atoms with E-state index < -0.39 is 5.91 Å². The smallest absolute Gasteiger partial charge is 0.261 e. The molecule has 0 bridgehead atoms. The van der Waals surface area contributed by atoms with Gasteiger partial charge in [-0.15, -0.1) is 11.3 Å². The average Bonchev–Trinajstić information content (AvgIpc) is 3.09. The van der Waals surface area contributed by atoms with Crippen LogP contribution >= 0.6 is 11.3 Å². The van der Waals surface area contributed by atoms with Gasteiger partial charge < -0.3 is 10.3 Å². The number of carbonyl (C=O) groups is 1. The monoisotopic (exact) mass is 334 g/mol. The lowest BCUT2D eigenvalue weighted by Gasteiger charge is -2.04. The maximum atomic E-state index is 12.1. The van der Waals surface area contributed by atoms with Gasteiger partial charge in [0, 0.05) is 14.7 Å². The van der Waals surface area contributed by atoms with Crippen molar-refractivity contribution in [3.05, 3.63) is 63.8 Å². The maximum Gasteiger partial charge on any atom is 0.261 e. The van der Waals surface area contributed by atoms with Gasteiger partial charge in [0.15, 0.2) is 0 Å². The predicted molar refractivity (Wildman–Crippen MR) is 104 cm³/mol. The van der Waals surface area contributed by atoms with Gasteiger partial charge in [-0.05, 0) is 23.6 Å². The first-order chi connectivity index (χ1) is 11.3. The number of thiophene rings is 1. The zero-order chi connectivity index (χ0) is 17.2. The van der Waals surface area contributed by atoms with Crippen LogP contribution in [0.1, 0.15) is 40.9 Å². The highest BCUT2D eigenvalue weighted by molar-refractivity contribution is 7.16. The van der Waals surface area contributed by atoms with Crippen molar-refractivity contribution < 1.29 is 7.65 Å². The van der Waals surface area contributed by atoms with Crippen molar-refractivity contribution in [2.75, 3.05) is 5.32 Å². The van der Waals surface area contributed by atoms with Crippen molar-refractivity contribution >= 4 is 33.1 Å². The molecule has 0 aliphatic heterocycles. The molecule has 4 nitrogen and oxygen atoms in total. The standard InChI is InChI=1S/C14H10N2O2S.2C2H6.2H2/c17-12-10-6-7-19-14(10)15-8-11(12)13(18)16-9-4-2-1-3-5-9;2*1-2;;/h1-8H,(H,15,17)(H,16,18);2*1-2H3;2*1H. The molecule has 1 amide bonds. The Kier molecular flexibility index (Phi) is 7.77. The fraction of sp³-hybridized carbons (Fsp3) is 0.222. The molecule has 5 heteroatoms. The van der Waals surface area contributed by atoms with Crippen LogP contribution in [0.25, 0.3) is 10.2 Å². The van der Waals surface area contributed by atoms with Gasteiger partial charge in [-0.1, -0.05) is 45.9 Å². The highest BCUT2D eigenvalue weighted by Crippen LogP contribution is 2.15. The van der Waals surface area contributed by atoms with E-state index in [0.717, 1.165) is 4.83 Å². The lowest BCUT2D eigenvalue weighted by Crippen LogP contribution is -2.21. The molecule has 1 aromatic carbocycles. The third-order valence-corrected chi connectivity index (χ3v) is 3.62. The quantitative estimate of drug-likeness (QED) is 0.660. The SMILES string of the molecule is CC.CC.O=C(Nc1ccccc1)c1c[nH]c2sccc2c1=O.[HH].[HH]. The van der Waals surface area contributed by atoms with E-state index in [4.69, 9.17) is 0 Å². The second kappa shape index (κ2) is 9.58. The molecule has 0 aliphatic rings. The van der Waals surface area contributed by atoms with E-state index in [9.17, 15) is 9.59 Å². The number of benzene rings is 1. The van der Waals surface area contributed by atoms with Crippen LogP contribution in [0.15, 0.2) is 52.8 Å². The summed E-state index contributed by atoms with van der Waals surface area (Å²) in [7, 11) is 0. The Morgan fingerprint density at radius 1 is 1.09 bits per heavy atom. The third kappa shape index (κ3) is 4.53. The third-order valence-electron chi connectivity index (χ3n) is 2.78. The first-order valence-corrected chi connectivity index (χ1v) is 8.59. The number of aromatic amines is 1. The summed E-state index contributed by atoms with van der Waals surface area (Å²) in [5.41, 5.74) is 0.537. The van der Waals surface area contributed by atoms with Crippen LogP contribution in [0, 0.1) is 0 Å². The minimum atomic E-state index is -0.402. The Bertz CT molecular complexity index is 801. The molecule has 0 spiro atoms. The van der Waals surface area contributed by atoms with E-state index in [-0.39, 0.29) is 13.8 Å². The highest BCUT2D eigenvalue weighted by atomic mass is 32.1. The topological polar surface area (TPSA) is 62.0 Å². The van der Waals surface area contributed by atoms with Crippen LogP contribution in [0.2, 0.25) is 0 Å². The molecular weight excluding hydrogens is 308 g/mol. The van der Waals surface area contributed by atoms with E-state index in [0.29, 0.717) is 11.1 Å². The summed E-state index contributed by atoms with van der Waals surface area (Å²) in [6.07, 6.45) is 1.46. The normalized spacial score (nSPS) is 9.22. The number of nitrogens with one attached hydrogen (secondary N) is 2. The van der Waals surface area contributed by atoms with Gasteiger partial charge in [0.05, 0.1) is 5.39 Å². The number of hydrogen-bond donors (Lipinski definition) is 2. The number of anilines is 1. The minimum Gasteiger partial charge on any atom is -0.352 e. The average molecular weight is 334 g/mol. The van der Waals surface area contributed by atoms with Crippen LogP contribution in [0.3, 0.4) is 0 Å². The second-order valence-corrected chi connectivity index (χ2v) is 4.93. The van der Waals surface area contributed by atoms with Crippen LogP contribution in [0.5, 0.6) is 0 Å². The fourth-order valence-corrected chi connectivity index (χ4v) is 2.59. The van der Waals surface area contributed by atoms with Crippen molar-refractivity contribution in [2.45, 2.75) is 27.7 Å². The molecule has 0 fully saturated rings. The number of H-pyrrole nitrogens is 1. The van der Waals surface area contributed by atoms with E-state index in [2.05, 4.69) is 10.3 Å². The number of para-hydroxylation sites is 1. The first kappa shape index (κ1) is 18.6. The van der Waals surface area contributed by atoms with E-state index in [1.165, 1.54) is 17.5 Å². The molecule has 3 aromatic rings. The van der Waals surface area contributed by atoms with Gasteiger partial charge >= 0.3 is 0 Å². The summed E-state index contributed by atoms with van der Waals surface area (Å²) in [4.78, 5) is 28.0. The molecule has 0 radical (unpaired) electrons. The fourth-order valence-electron chi connectivity index (χ4n) is 1.84. The predicted octanol–water partition coefficient (Wildman–Crippen LogP) is 5.39. The number of rotatable bonds is 2. The van der Waals surface area contributed by atoms with E-state index in [1.807, 2.05) is 51.3 Å². The van der Waals surface area contributed by atoms with Gasteiger partial charge in [0.2, 0.25) is 5.43 Å². The maximum absolute atomic E-state index is 12.1. The Balaban J connectivity index is 0. The number of amides is 1. The van der Waals surface area contributed by atoms with Crippen LogP contribution < -0.4 is 10.7 Å². The highest BCUT2D eigenvalue weighted by Gasteiger charge is 2.13. The number of carbonyl (C=O) groups excluding carboxylic acids is 1. The van der Waals surface area contributed by atoms with Crippen molar-refractivity contribution in [2.24, 2.45) is 0 Å². The van der Waals surface area contributed by atoms with Crippen LogP contribution in [-0.2, 0) is 0 Å². The van der Waals surface area contributed by atoms with E-state index in [1.54, 1.807) is 18.2 Å². The number of fused-ring (bicyclic) bond motifs is 1. The molecule has 23 heavy (non-hydrogen) atoms. The Morgan fingerprint density at radius 2 is 1.74 bits per heavy atom. The minimum absolute atomic E-state index is 0. The van der Waals surface area contributed by atoms with Gasteiger partial charge in [0.1, 0.15) is 10.4 Å². The summed E-state index contributed by atoms with van der Waals surface area (Å²) in [6, 6.07) is 10.8. The largest absolute Gasteiger partial charge is 0.352 e. The summed E-state index contributed by atoms with van der Waals surface area (Å²) < 4.78 is 0. The Morgan fingerprint density at radius 3 is 2.39 bits per heavy atom. The zero-order valence-corrected chi connectivity index (χ0v) is 14.7. The van der Waals surface area contributed by atoms with Crippen molar-refractivity contribution in [1.29, 1.82) is 0 Å². The molecule has 0 unspecified atom stereocenters. The van der Waals surface area contributed by atoms with E-state index >= 15 is 0 Å². The molecule has 0 saturated carbocycles. The molecule has 0 aliphatic carbocycles. The molecule has 126 valence electrons. The molecule has 2 aromatic heterocycles. The number of hydrogen-bond acceptors (Lipinski definition) is 3. The Labute approximate surface area is 143 Å². The van der Waals surface area contributed by atoms with Crippen LogP contribution in [0.4, 0.5) is 5.69 Å². The van der Waals surface area contributed by atoms with Crippen LogP contribution in [-0.4, -0.2) is 10.9 Å². The van der Waals surface area contributed by atoms with Gasteiger partial charge in [-0.3, -0.25) is 9.59 Å². The summed E-state index contributed by atoms with van der Waals surface area (Å²) in [5, 5.41) is 5.07. The molecular formula is C18H26N2O2S. The van der Waals surface area contributed by atoms with Gasteiger partial charge in [0.25, 0.3) is 5.91 Å². The molecule has 2 heterocycles. The summed E-state index contributed by atoms with van der Waals surface area (Å²) in [5.74, 6) is -0.402. The summed E-state index contributed by atoms with van der Waals surface area (Å²) in [6.45, 7) is 8.00. The zero-order valence-electron chi connectivity index (χ0n) is 13.8. The summed E-state index contributed by atoms with van der Waals surface area (Å²) >= 11 is 1.44. The second-order valence-electron chi connectivity index (χ2n) is 4.02. The number of aromatic nitrogens is 1. The molecule has 0 atom stereocenters. The van der Waals surface area contributed by atoms with Crippen molar-refractivity contribution in [3.8, 4) is 0 Å².